The maximum atomic E-state index is 10.8. The third-order valence-corrected chi connectivity index (χ3v) is 2.37. The van der Waals surface area contributed by atoms with Crippen molar-refractivity contribution in [3.63, 3.8) is 0 Å². The molecular weight excluding hydrogens is 226 g/mol. The molecule has 0 aromatic carbocycles. The molecule has 0 saturated heterocycles. The SMILES string of the molecule is COCC(C)N(C)c1nc(N)ncc1[N+](=O)[O-]. The molecule has 1 aromatic rings. The molecule has 0 aliphatic rings. The minimum absolute atomic E-state index is 0.00191. The van der Waals surface area contributed by atoms with Crippen molar-refractivity contribution in [1.29, 1.82) is 0 Å². The Kier molecular flexibility index (Phi) is 4.16. The Morgan fingerprint density at radius 3 is 2.88 bits per heavy atom. The van der Waals surface area contributed by atoms with Crippen molar-refractivity contribution >= 4 is 17.5 Å². The van der Waals surface area contributed by atoms with Crippen LogP contribution in [0.15, 0.2) is 6.20 Å². The van der Waals surface area contributed by atoms with Gasteiger partial charge in [0.05, 0.1) is 17.6 Å². The third-order valence-electron chi connectivity index (χ3n) is 2.37. The molecular formula is C9H15N5O3. The predicted octanol–water partition coefficient (Wildman–Crippen LogP) is 0.438. The molecule has 0 aliphatic heterocycles. The molecule has 0 fully saturated rings. The lowest BCUT2D eigenvalue weighted by Crippen LogP contribution is -2.33. The second-order valence-corrected chi connectivity index (χ2v) is 3.61. The first-order chi connectivity index (χ1) is 7.97. The highest BCUT2D eigenvalue weighted by atomic mass is 16.6. The van der Waals surface area contributed by atoms with Crippen molar-refractivity contribution < 1.29 is 9.66 Å². The average molecular weight is 241 g/mol. The molecule has 0 radical (unpaired) electrons. The number of aromatic nitrogens is 2. The third kappa shape index (κ3) is 3.00. The highest BCUT2D eigenvalue weighted by molar-refractivity contribution is 5.58. The molecule has 17 heavy (non-hydrogen) atoms. The van der Waals surface area contributed by atoms with Gasteiger partial charge in [0.2, 0.25) is 11.8 Å². The first-order valence-electron chi connectivity index (χ1n) is 4.96. The van der Waals surface area contributed by atoms with Crippen LogP contribution in [-0.4, -0.2) is 41.7 Å². The van der Waals surface area contributed by atoms with E-state index in [1.165, 1.54) is 0 Å². The van der Waals surface area contributed by atoms with Gasteiger partial charge in [-0.2, -0.15) is 4.98 Å². The van der Waals surface area contributed by atoms with Gasteiger partial charge in [-0.3, -0.25) is 10.1 Å². The van der Waals surface area contributed by atoms with E-state index in [1.807, 2.05) is 6.92 Å². The highest BCUT2D eigenvalue weighted by Crippen LogP contribution is 2.25. The van der Waals surface area contributed by atoms with E-state index in [4.69, 9.17) is 10.5 Å². The van der Waals surface area contributed by atoms with Gasteiger partial charge in [0.15, 0.2) is 0 Å². The van der Waals surface area contributed by atoms with Gasteiger partial charge in [-0.25, -0.2) is 4.98 Å². The molecule has 1 heterocycles. The Morgan fingerprint density at radius 2 is 2.35 bits per heavy atom. The summed E-state index contributed by atoms with van der Waals surface area (Å²) in [4.78, 5) is 19.5. The van der Waals surface area contributed by atoms with Gasteiger partial charge in [0.1, 0.15) is 6.20 Å². The van der Waals surface area contributed by atoms with Crippen molar-refractivity contribution in [2.45, 2.75) is 13.0 Å². The monoisotopic (exact) mass is 241 g/mol. The van der Waals surface area contributed by atoms with E-state index in [0.29, 0.717) is 6.61 Å². The van der Waals surface area contributed by atoms with Gasteiger partial charge in [-0.05, 0) is 6.92 Å². The smallest absolute Gasteiger partial charge is 0.329 e. The Bertz CT molecular complexity index is 412. The number of nitrogens with zero attached hydrogens (tertiary/aromatic N) is 4. The summed E-state index contributed by atoms with van der Waals surface area (Å²) in [6, 6.07) is -0.0620. The van der Waals surface area contributed by atoms with E-state index in [-0.39, 0.29) is 23.5 Å². The Labute approximate surface area is 98.6 Å². The fraction of sp³-hybridized carbons (Fsp3) is 0.556. The molecule has 1 rings (SSSR count). The predicted molar refractivity (Wildman–Crippen MR) is 62.8 cm³/mol. The van der Waals surface area contributed by atoms with Crippen molar-refractivity contribution in [1.82, 2.24) is 9.97 Å². The zero-order valence-electron chi connectivity index (χ0n) is 9.95. The van der Waals surface area contributed by atoms with Gasteiger partial charge in [-0.15, -0.1) is 0 Å². The lowest BCUT2D eigenvalue weighted by atomic mass is 10.3. The number of nitrogens with two attached hydrogens (primary N) is 1. The molecule has 0 amide bonds. The Balaban J connectivity index is 3.10. The van der Waals surface area contributed by atoms with Crippen LogP contribution in [0.25, 0.3) is 0 Å². The number of hydrogen-bond acceptors (Lipinski definition) is 7. The average Bonchev–Trinajstić information content (AvgIpc) is 2.27. The van der Waals surface area contributed by atoms with Gasteiger partial charge >= 0.3 is 5.69 Å². The van der Waals surface area contributed by atoms with E-state index < -0.39 is 4.92 Å². The first-order valence-corrected chi connectivity index (χ1v) is 4.96. The number of anilines is 2. The van der Waals surface area contributed by atoms with Crippen LogP contribution >= 0.6 is 0 Å². The second kappa shape index (κ2) is 5.39. The Hall–Kier alpha value is -1.96. The maximum absolute atomic E-state index is 10.8. The van der Waals surface area contributed by atoms with E-state index >= 15 is 0 Å². The van der Waals surface area contributed by atoms with Gasteiger partial charge < -0.3 is 15.4 Å². The highest BCUT2D eigenvalue weighted by Gasteiger charge is 2.23. The van der Waals surface area contributed by atoms with Gasteiger partial charge in [-0.1, -0.05) is 0 Å². The van der Waals surface area contributed by atoms with E-state index in [1.54, 1.807) is 19.1 Å². The van der Waals surface area contributed by atoms with Crippen LogP contribution in [0.2, 0.25) is 0 Å². The number of ether oxygens (including phenoxy) is 1. The lowest BCUT2D eigenvalue weighted by Gasteiger charge is -2.24. The number of rotatable bonds is 5. The summed E-state index contributed by atoms with van der Waals surface area (Å²) in [5, 5.41) is 10.8. The summed E-state index contributed by atoms with van der Waals surface area (Å²) in [7, 11) is 3.26. The summed E-state index contributed by atoms with van der Waals surface area (Å²) in [5.74, 6) is 0.189. The van der Waals surface area contributed by atoms with Crippen LogP contribution in [0.4, 0.5) is 17.5 Å². The zero-order chi connectivity index (χ0) is 13.0. The molecule has 94 valence electrons. The summed E-state index contributed by atoms with van der Waals surface area (Å²) in [6.45, 7) is 2.29. The molecule has 2 N–H and O–H groups in total. The van der Waals surface area contributed by atoms with Crippen LogP contribution in [0.3, 0.4) is 0 Å². The topological polar surface area (TPSA) is 107 Å². The van der Waals surface area contributed by atoms with Gasteiger partial charge in [0, 0.05) is 14.2 Å². The van der Waals surface area contributed by atoms with Crippen molar-refractivity contribution in [2.24, 2.45) is 0 Å². The maximum Gasteiger partial charge on any atom is 0.329 e. The molecule has 8 heteroatoms. The number of methoxy groups -OCH3 is 1. The van der Waals surface area contributed by atoms with Gasteiger partial charge in [0.25, 0.3) is 0 Å². The summed E-state index contributed by atoms with van der Waals surface area (Å²) in [6.07, 6.45) is 1.10. The number of hydrogen-bond donors (Lipinski definition) is 1. The van der Waals surface area contributed by atoms with Crippen LogP contribution in [0, 0.1) is 10.1 Å². The molecule has 1 aromatic heterocycles. The fourth-order valence-corrected chi connectivity index (χ4v) is 1.33. The minimum Gasteiger partial charge on any atom is -0.383 e. The molecule has 0 aliphatic carbocycles. The summed E-state index contributed by atoms with van der Waals surface area (Å²) >= 11 is 0. The summed E-state index contributed by atoms with van der Waals surface area (Å²) in [5.41, 5.74) is 5.26. The number of likely N-dealkylation sites (N-methyl/N-ethyl adjacent to an activating group) is 1. The van der Waals surface area contributed by atoms with Crippen LogP contribution in [0.5, 0.6) is 0 Å². The fourth-order valence-electron chi connectivity index (χ4n) is 1.33. The quantitative estimate of drug-likeness (QED) is 0.588. The molecule has 8 nitrogen and oxygen atoms in total. The van der Waals surface area contributed by atoms with Crippen LogP contribution in [0.1, 0.15) is 6.92 Å². The standard InChI is InChI=1S/C9H15N5O3/c1-6(5-17-3)13(2)8-7(14(15)16)4-11-9(10)12-8/h4,6H,5H2,1-3H3,(H2,10,11,12). The second-order valence-electron chi connectivity index (χ2n) is 3.61. The van der Waals surface area contributed by atoms with E-state index in [0.717, 1.165) is 6.20 Å². The molecule has 0 spiro atoms. The number of nitro groups is 1. The molecule has 0 saturated carbocycles. The van der Waals surface area contributed by atoms with Crippen molar-refractivity contribution in [2.75, 3.05) is 31.4 Å². The van der Waals surface area contributed by atoms with Crippen molar-refractivity contribution in [3.8, 4) is 0 Å². The van der Waals surface area contributed by atoms with Crippen LogP contribution < -0.4 is 10.6 Å². The molecule has 0 bridgehead atoms. The summed E-state index contributed by atoms with van der Waals surface area (Å²) < 4.78 is 4.99. The minimum atomic E-state index is -0.537. The Morgan fingerprint density at radius 1 is 1.71 bits per heavy atom. The van der Waals surface area contributed by atoms with E-state index in [2.05, 4.69) is 9.97 Å². The first kappa shape index (κ1) is 13.1. The van der Waals surface area contributed by atoms with Crippen LogP contribution in [-0.2, 0) is 4.74 Å². The number of nitrogen functional groups attached to an aromatic ring is 1. The normalized spacial score (nSPS) is 12.2. The zero-order valence-corrected chi connectivity index (χ0v) is 9.95. The van der Waals surface area contributed by atoms with E-state index in [9.17, 15) is 10.1 Å². The largest absolute Gasteiger partial charge is 0.383 e. The molecule has 1 unspecified atom stereocenters. The molecule has 1 atom stereocenters. The van der Waals surface area contributed by atoms with Crippen molar-refractivity contribution in [3.05, 3.63) is 16.3 Å². The lowest BCUT2D eigenvalue weighted by molar-refractivity contribution is -0.384.